The summed E-state index contributed by atoms with van der Waals surface area (Å²) in [7, 11) is 1.57. The molecule has 1 unspecified atom stereocenters. The van der Waals surface area contributed by atoms with E-state index in [1.165, 1.54) is 4.68 Å². The van der Waals surface area contributed by atoms with E-state index in [1.807, 2.05) is 0 Å². The van der Waals surface area contributed by atoms with Gasteiger partial charge in [0, 0.05) is 5.56 Å². The van der Waals surface area contributed by atoms with Crippen LogP contribution >= 0.6 is 15.9 Å². The summed E-state index contributed by atoms with van der Waals surface area (Å²) in [5.74, 6) is 0.0884. The summed E-state index contributed by atoms with van der Waals surface area (Å²) in [6.45, 7) is 3.37. The Kier molecular flexibility index (Phi) is 4.26. The molecule has 1 aromatic heterocycles. The zero-order chi connectivity index (χ0) is 15.6. The molecule has 0 aliphatic rings. The molecule has 2 rings (SSSR count). The molecule has 112 valence electrons. The Morgan fingerprint density at radius 1 is 1.52 bits per heavy atom. The van der Waals surface area contributed by atoms with Crippen LogP contribution in [0.3, 0.4) is 0 Å². The number of ether oxygens (including phenoxy) is 1. The summed E-state index contributed by atoms with van der Waals surface area (Å²) in [6, 6.07) is 5.34. The number of carboxylic acids is 1. The van der Waals surface area contributed by atoms with Gasteiger partial charge < -0.3 is 9.84 Å². The lowest BCUT2D eigenvalue weighted by Gasteiger charge is -2.24. The number of rotatable bonds is 5. The van der Waals surface area contributed by atoms with Gasteiger partial charge in [0.2, 0.25) is 0 Å². The van der Waals surface area contributed by atoms with Crippen molar-refractivity contribution < 1.29 is 14.6 Å². The Morgan fingerprint density at radius 3 is 2.76 bits per heavy atom. The lowest BCUT2D eigenvalue weighted by molar-refractivity contribution is -0.147. The number of carboxylic acid groups (broad SMARTS) is 1. The third kappa shape index (κ3) is 2.63. The number of nitrogens with zero attached hydrogens (tertiary/aromatic N) is 4. The molecule has 0 aliphatic heterocycles. The first-order chi connectivity index (χ1) is 9.93. The van der Waals surface area contributed by atoms with Gasteiger partial charge in [0.25, 0.3) is 0 Å². The van der Waals surface area contributed by atoms with Crippen molar-refractivity contribution in [1.29, 1.82) is 0 Å². The topological polar surface area (TPSA) is 90.1 Å². The summed E-state index contributed by atoms with van der Waals surface area (Å²) >= 11 is 3.39. The second-order valence-electron chi connectivity index (χ2n) is 4.70. The molecule has 0 aliphatic carbocycles. The summed E-state index contributed by atoms with van der Waals surface area (Å²) < 4.78 is 7.25. The minimum absolute atomic E-state index is 0.359. The van der Waals surface area contributed by atoms with Crippen LogP contribution in [0.1, 0.15) is 20.3 Å². The Labute approximate surface area is 130 Å². The van der Waals surface area contributed by atoms with Crippen molar-refractivity contribution in [2.24, 2.45) is 0 Å². The molecule has 1 N–H and O–H groups in total. The molecule has 0 spiro atoms. The highest BCUT2D eigenvalue weighted by Gasteiger charge is 2.37. The van der Waals surface area contributed by atoms with Crippen LogP contribution < -0.4 is 4.74 Å². The predicted octanol–water partition coefficient (Wildman–Crippen LogP) is 2.32. The number of aromatic nitrogens is 4. The van der Waals surface area contributed by atoms with Crippen LogP contribution in [0.25, 0.3) is 11.4 Å². The highest BCUT2D eigenvalue weighted by molar-refractivity contribution is 9.10. The number of aliphatic carboxylic acids is 1. The molecule has 0 fully saturated rings. The minimum Gasteiger partial charge on any atom is -0.496 e. The molecule has 1 heterocycles. The Hall–Kier alpha value is -1.96. The average Bonchev–Trinajstić information content (AvgIpc) is 2.95. The molecule has 8 heteroatoms. The van der Waals surface area contributed by atoms with Crippen molar-refractivity contribution in [2.75, 3.05) is 7.11 Å². The van der Waals surface area contributed by atoms with Gasteiger partial charge in [-0.2, -0.15) is 0 Å². The molecule has 0 saturated heterocycles. The molecule has 1 atom stereocenters. The smallest absolute Gasteiger partial charge is 0.331 e. The molecule has 1 aromatic carbocycles. The zero-order valence-corrected chi connectivity index (χ0v) is 13.5. The average molecular weight is 355 g/mol. The van der Waals surface area contributed by atoms with Gasteiger partial charge in [0.15, 0.2) is 11.4 Å². The lowest BCUT2D eigenvalue weighted by atomic mass is 9.99. The molecule has 2 aromatic rings. The number of benzene rings is 1. The number of hydrogen-bond acceptors (Lipinski definition) is 5. The van der Waals surface area contributed by atoms with Crippen molar-refractivity contribution in [2.45, 2.75) is 25.8 Å². The van der Waals surface area contributed by atoms with Crippen LogP contribution in [0.2, 0.25) is 0 Å². The van der Waals surface area contributed by atoms with E-state index in [4.69, 9.17) is 4.74 Å². The number of methoxy groups -OCH3 is 1. The highest BCUT2D eigenvalue weighted by atomic mass is 79.9. The van der Waals surface area contributed by atoms with Crippen molar-refractivity contribution in [3.8, 4) is 17.1 Å². The summed E-state index contributed by atoms with van der Waals surface area (Å²) in [4.78, 5) is 11.6. The summed E-state index contributed by atoms with van der Waals surface area (Å²) in [6.07, 6.45) is 0.359. The van der Waals surface area contributed by atoms with Crippen LogP contribution in [-0.2, 0) is 10.3 Å². The van der Waals surface area contributed by atoms with Gasteiger partial charge in [0.1, 0.15) is 5.75 Å². The fourth-order valence-corrected chi connectivity index (χ4v) is 2.44. The van der Waals surface area contributed by atoms with E-state index in [1.54, 1.807) is 39.2 Å². The molecule has 0 amide bonds. The van der Waals surface area contributed by atoms with Crippen LogP contribution in [0, 0.1) is 0 Å². The molecular formula is C13H15BrN4O3. The fraction of sp³-hybridized carbons (Fsp3) is 0.385. The Morgan fingerprint density at radius 2 is 2.24 bits per heavy atom. The maximum Gasteiger partial charge on any atom is 0.331 e. The summed E-state index contributed by atoms with van der Waals surface area (Å²) in [5.41, 5.74) is -0.501. The number of carbonyl (C=O) groups is 1. The summed E-state index contributed by atoms with van der Waals surface area (Å²) in [5, 5.41) is 20.9. The normalized spacial score (nSPS) is 13.7. The molecule has 0 bridgehead atoms. The third-order valence-corrected chi connectivity index (χ3v) is 4.12. The van der Waals surface area contributed by atoms with E-state index >= 15 is 0 Å². The van der Waals surface area contributed by atoms with Crippen LogP contribution in [0.5, 0.6) is 5.75 Å². The molecule has 0 saturated carbocycles. The molecule has 21 heavy (non-hydrogen) atoms. The monoisotopic (exact) mass is 354 g/mol. The van der Waals surface area contributed by atoms with Gasteiger partial charge in [-0.3, -0.25) is 0 Å². The van der Waals surface area contributed by atoms with Crippen LogP contribution in [0.4, 0.5) is 0 Å². The second kappa shape index (κ2) is 5.80. The molecule has 7 nitrogen and oxygen atoms in total. The van der Waals surface area contributed by atoms with E-state index in [0.29, 0.717) is 23.6 Å². The minimum atomic E-state index is -1.20. The first kappa shape index (κ1) is 15.4. The Balaban J connectivity index is 2.55. The SMILES string of the molecule is CCC(C)(C(=O)O)n1nnnc1-c1ccc(OC)c(Br)c1. The van der Waals surface area contributed by atoms with E-state index in [9.17, 15) is 9.90 Å². The van der Waals surface area contributed by atoms with E-state index in [-0.39, 0.29) is 0 Å². The second-order valence-corrected chi connectivity index (χ2v) is 5.55. The van der Waals surface area contributed by atoms with E-state index in [2.05, 4.69) is 31.5 Å². The fourth-order valence-electron chi connectivity index (χ4n) is 1.90. The van der Waals surface area contributed by atoms with Crippen LogP contribution in [-0.4, -0.2) is 38.4 Å². The van der Waals surface area contributed by atoms with E-state index < -0.39 is 11.5 Å². The maximum atomic E-state index is 11.6. The van der Waals surface area contributed by atoms with Crippen molar-refractivity contribution in [1.82, 2.24) is 20.2 Å². The van der Waals surface area contributed by atoms with Crippen molar-refractivity contribution >= 4 is 21.9 Å². The lowest BCUT2D eigenvalue weighted by Crippen LogP contribution is -2.39. The standard InChI is InChI=1S/C13H15BrN4O3/c1-4-13(2,12(19)20)18-11(15-16-17-18)8-5-6-10(21-3)9(14)7-8/h5-7H,4H2,1-3H3,(H,19,20). The van der Waals surface area contributed by atoms with Crippen molar-refractivity contribution in [3.05, 3.63) is 22.7 Å². The third-order valence-electron chi connectivity index (χ3n) is 3.50. The van der Waals surface area contributed by atoms with Gasteiger partial charge in [-0.05, 0) is 57.9 Å². The predicted molar refractivity (Wildman–Crippen MR) is 79.1 cm³/mol. The van der Waals surface area contributed by atoms with E-state index in [0.717, 1.165) is 4.47 Å². The van der Waals surface area contributed by atoms with Crippen molar-refractivity contribution in [3.63, 3.8) is 0 Å². The van der Waals surface area contributed by atoms with Gasteiger partial charge in [-0.15, -0.1) is 5.10 Å². The first-order valence-electron chi connectivity index (χ1n) is 6.30. The number of tetrazole rings is 1. The molecule has 0 radical (unpaired) electrons. The number of halogens is 1. The van der Waals surface area contributed by atoms with Gasteiger partial charge in [0.05, 0.1) is 11.6 Å². The maximum absolute atomic E-state index is 11.6. The highest BCUT2D eigenvalue weighted by Crippen LogP contribution is 2.31. The largest absolute Gasteiger partial charge is 0.496 e. The Bertz CT molecular complexity index is 673. The molecular weight excluding hydrogens is 340 g/mol. The van der Waals surface area contributed by atoms with Crippen LogP contribution in [0.15, 0.2) is 22.7 Å². The van der Waals surface area contributed by atoms with Gasteiger partial charge >= 0.3 is 5.97 Å². The zero-order valence-electron chi connectivity index (χ0n) is 11.9. The quantitative estimate of drug-likeness (QED) is 0.885. The number of hydrogen-bond donors (Lipinski definition) is 1. The first-order valence-corrected chi connectivity index (χ1v) is 7.09. The van der Waals surface area contributed by atoms with Gasteiger partial charge in [-0.1, -0.05) is 6.92 Å². The van der Waals surface area contributed by atoms with Gasteiger partial charge in [-0.25, -0.2) is 9.48 Å².